The van der Waals surface area contributed by atoms with E-state index in [9.17, 15) is 14.4 Å². The molecular formula is C24H24N4O6. The molecule has 0 fully saturated rings. The number of aliphatic carboxylic acids is 1. The number of anilines is 1. The number of hydrogen-bond acceptors (Lipinski definition) is 6. The minimum Gasteiger partial charge on any atom is -0.480 e. The Morgan fingerprint density at radius 1 is 1.09 bits per heavy atom. The van der Waals surface area contributed by atoms with Gasteiger partial charge in [-0.1, -0.05) is 48.5 Å². The van der Waals surface area contributed by atoms with Crippen molar-refractivity contribution in [2.75, 3.05) is 25.6 Å². The molecule has 0 bridgehead atoms. The Morgan fingerprint density at radius 3 is 2.29 bits per heavy atom. The van der Waals surface area contributed by atoms with Gasteiger partial charge in [0, 0.05) is 26.1 Å². The molecule has 34 heavy (non-hydrogen) atoms. The van der Waals surface area contributed by atoms with E-state index in [0.29, 0.717) is 0 Å². The van der Waals surface area contributed by atoms with Gasteiger partial charge < -0.3 is 19.9 Å². The number of rotatable bonds is 8. The highest BCUT2D eigenvalue weighted by molar-refractivity contribution is 5.96. The van der Waals surface area contributed by atoms with Gasteiger partial charge in [-0.3, -0.25) is 14.8 Å². The predicted molar refractivity (Wildman–Crippen MR) is 123 cm³/mol. The van der Waals surface area contributed by atoms with Crippen LogP contribution in [0.4, 0.5) is 10.6 Å². The number of carbonyl (C=O) groups is 3. The second kappa shape index (κ2) is 9.75. The number of carbonyl (C=O) groups excluding carboxylic acids is 2. The predicted octanol–water partition coefficient (Wildman–Crippen LogP) is 2.61. The fourth-order valence-electron chi connectivity index (χ4n) is 4.01. The van der Waals surface area contributed by atoms with Crippen LogP contribution in [0.15, 0.2) is 54.6 Å². The number of benzene rings is 2. The number of fused-ring (bicyclic) bond motifs is 3. The first-order valence-corrected chi connectivity index (χ1v) is 10.6. The summed E-state index contributed by atoms with van der Waals surface area (Å²) >= 11 is 0. The normalized spacial score (nSPS) is 13.0. The first kappa shape index (κ1) is 23.0. The fraction of sp³-hybridized carbons (Fsp3) is 0.250. The van der Waals surface area contributed by atoms with Crippen molar-refractivity contribution in [2.45, 2.75) is 12.0 Å². The first-order valence-electron chi connectivity index (χ1n) is 10.6. The smallest absolute Gasteiger partial charge is 0.412 e. The zero-order chi connectivity index (χ0) is 24.2. The lowest BCUT2D eigenvalue weighted by molar-refractivity contribution is -0.140. The van der Waals surface area contributed by atoms with E-state index in [1.807, 2.05) is 36.4 Å². The highest BCUT2D eigenvalue weighted by Gasteiger charge is 2.29. The maximum Gasteiger partial charge on any atom is 0.412 e. The Morgan fingerprint density at radius 2 is 1.71 bits per heavy atom. The average Bonchev–Trinajstić information content (AvgIpc) is 3.35. The number of amides is 2. The van der Waals surface area contributed by atoms with Gasteiger partial charge in [-0.15, -0.1) is 0 Å². The number of methoxy groups -OCH3 is 1. The Kier molecular flexibility index (Phi) is 6.60. The molecular weight excluding hydrogens is 440 g/mol. The van der Waals surface area contributed by atoms with Crippen LogP contribution in [0.3, 0.4) is 0 Å². The summed E-state index contributed by atoms with van der Waals surface area (Å²) in [6.45, 7) is -0.0544. The van der Waals surface area contributed by atoms with Crippen molar-refractivity contribution >= 4 is 23.8 Å². The Hall–Kier alpha value is -4.18. The molecule has 3 N–H and O–H groups in total. The molecule has 1 unspecified atom stereocenters. The summed E-state index contributed by atoms with van der Waals surface area (Å²) in [7, 11) is 2.87. The second-order valence-corrected chi connectivity index (χ2v) is 7.81. The number of ether oxygens (including phenoxy) is 2. The maximum atomic E-state index is 12.5. The molecule has 0 saturated carbocycles. The fourth-order valence-corrected chi connectivity index (χ4v) is 4.01. The van der Waals surface area contributed by atoms with Gasteiger partial charge >= 0.3 is 12.1 Å². The molecule has 3 aromatic rings. The van der Waals surface area contributed by atoms with Crippen molar-refractivity contribution < 1.29 is 29.0 Å². The molecule has 2 aromatic carbocycles. The Balaban J connectivity index is 1.40. The minimum absolute atomic E-state index is 0.0567. The van der Waals surface area contributed by atoms with E-state index in [-0.39, 0.29) is 30.6 Å². The van der Waals surface area contributed by atoms with Crippen molar-refractivity contribution in [3.05, 3.63) is 71.4 Å². The summed E-state index contributed by atoms with van der Waals surface area (Å²) in [5.41, 5.74) is 4.39. The van der Waals surface area contributed by atoms with Gasteiger partial charge in [0.25, 0.3) is 5.91 Å². The van der Waals surface area contributed by atoms with Crippen molar-refractivity contribution in [1.29, 1.82) is 0 Å². The zero-order valence-electron chi connectivity index (χ0n) is 18.6. The zero-order valence-corrected chi connectivity index (χ0v) is 18.6. The number of carboxylic acid groups (broad SMARTS) is 1. The van der Waals surface area contributed by atoms with Crippen molar-refractivity contribution in [3.8, 4) is 11.1 Å². The summed E-state index contributed by atoms with van der Waals surface area (Å²) < 4.78 is 11.6. The quantitative estimate of drug-likeness (QED) is 0.467. The van der Waals surface area contributed by atoms with Gasteiger partial charge in [0.1, 0.15) is 12.4 Å². The lowest BCUT2D eigenvalue weighted by Gasteiger charge is -2.14. The first-order chi connectivity index (χ1) is 16.4. The van der Waals surface area contributed by atoms with Crippen LogP contribution >= 0.6 is 0 Å². The van der Waals surface area contributed by atoms with Crippen molar-refractivity contribution in [2.24, 2.45) is 7.05 Å². The minimum atomic E-state index is -1.23. The van der Waals surface area contributed by atoms with Crippen LogP contribution in [0.2, 0.25) is 0 Å². The van der Waals surface area contributed by atoms with Gasteiger partial charge in [-0.25, -0.2) is 9.59 Å². The summed E-state index contributed by atoms with van der Waals surface area (Å²) in [5, 5.41) is 18.1. The van der Waals surface area contributed by atoms with Crippen LogP contribution in [0, 0.1) is 0 Å². The van der Waals surface area contributed by atoms with Gasteiger partial charge in [0.15, 0.2) is 11.7 Å². The van der Waals surface area contributed by atoms with Crippen LogP contribution in [-0.4, -0.2) is 59.2 Å². The molecule has 2 amide bonds. The van der Waals surface area contributed by atoms with Gasteiger partial charge in [0.2, 0.25) is 0 Å². The lowest BCUT2D eigenvalue weighted by Crippen LogP contribution is -2.44. The number of aromatic nitrogens is 2. The van der Waals surface area contributed by atoms with Gasteiger partial charge in [-0.2, -0.15) is 5.10 Å². The Bertz CT molecular complexity index is 1190. The maximum absolute atomic E-state index is 12.5. The van der Waals surface area contributed by atoms with Crippen LogP contribution in [-0.2, 0) is 21.3 Å². The molecule has 0 saturated heterocycles. The van der Waals surface area contributed by atoms with Gasteiger partial charge in [-0.05, 0) is 22.3 Å². The van der Waals surface area contributed by atoms with E-state index in [1.165, 1.54) is 17.9 Å². The van der Waals surface area contributed by atoms with E-state index >= 15 is 0 Å². The summed E-state index contributed by atoms with van der Waals surface area (Å²) in [6, 6.07) is 16.2. The summed E-state index contributed by atoms with van der Waals surface area (Å²) in [5.74, 6) is -1.80. The molecule has 1 heterocycles. The third kappa shape index (κ3) is 4.62. The molecule has 10 heteroatoms. The van der Waals surface area contributed by atoms with E-state index < -0.39 is 24.0 Å². The summed E-state index contributed by atoms with van der Waals surface area (Å²) in [6.07, 6.45) is -0.695. The molecule has 0 aliphatic heterocycles. The second-order valence-electron chi connectivity index (χ2n) is 7.81. The molecule has 1 aliphatic carbocycles. The molecule has 4 rings (SSSR count). The molecule has 0 spiro atoms. The number of nitrogens with zero attached hydrogens (tertiary/aromatic N) is 2. The van der Waals surface area contributed by atoms with Gasteiger partial charge in [0.05, 0.1) is 6.61 Å². The van der Waals surface area contributed by atoms with Crippen LogP contribution in [0.25, 0.3) is 11.1 Å². The number of carboxylic acids is 1. The molecule has 1 atom stereocenters. The lowest BCUT2D eigenvalue weighted by atomic mass is 9.98. The molecule has 1 aromatic heterocycles. The third-order valence-electron chi connectivity index (χ3n) is 5.62. The Labute approximate surface area is 195 Å². The van der Waals surface area contributed by atoms with E-state index in [0.717, 1.165) is 22.3 Å². The highest BCUT2D eigenvalue weighted by atomic mass is 16.5. The number of nitrogens with one attached hydrogen (secondary N) is 2. The van der Waals surface area contributed by atoms with Crippen molar-refractivity contribution in [3.63, 3.8) is 0 Å². The van der Waals surface area contributed by atoms with Crippen LogP contribution in [0.5, 0.6) is 0 Å². The number of hydrogen-bond donors (Lipinski definition) is 3. The van der Waals surface area contributed by atoms with E-state index in [2.05, 4.69) is 27.9 Å². The topological polar surface area (TPSA) is 132 Å². The van der Waals surface area contributed by atoms with Crippen LogP contribution < -0.4 is 10.6 Å². The third-order valence-corrected chi connectivity index (χ3v) is 5.62. The van der Waals surface area contributed by atoms with E-state index in [1.54, 1.807) is 7.05 Å². The van der Waals surface area contributed by atoms with E-state index in [4.69, 9.17) is 14.6 Å². The average molecular weight is 464 g/mol. The molecule has 0 radical (unpaired) electrons. The number of aryl methyl sites for hydroxylation is 1. The highest BCUT2D eigenvalue weighted by Crippen LogP contribution is 2.44. The molecule has 176 valence electrons. The standard InChI is InChI=1S/C24H24N4O6/c1-28-21(11-19(27-28)22(29)25-20(13-33-2)23(30)31)26-24(32)34-12-18-16-9-5-3-7-14(16)15-8-4-6-10-17(15)18/h3-11,18,20H,12-13H2,1-2H3,(H,25,29)(H,26,32)(H,30,31). The largest absolute Gasteiger partial charge is 0.480 e. The summed E-state index contributed by atoms with van der Waals surface area (Å²) in [4.78, 5) is 36.1. The monoisotopic (exact) mass is 464 g/mol. The van der Waals surface area contributed by atoms with Crippen LogP contribution in [0.1, 0.15) is 27.5 Å². The SMILES string of the molecule is COCC(NC(=O)c1cc(NC(=O)OCC2c3ccccc3-c3ccccc32)n(C)n1)C(=O)O. The molecule has 1 aliphatic rings. The molecule has 10 nitrogen and oxygen atoms in total. The van der Waals surface area contributed by atoms with Crippen molar-refractivity contribution in [1.82, 2.24) is 15.1 Å².